The molecule has 0 radical (unpaired) electrons. The van der Waals surface area contributed by atoms with Crippen molar-refractivity contribution in [3.8, 4) is 17.2 Å². The highest BCUT2D eigenvalue weighted by Gasteiger charge is 2.09. The molecule has 0 aliphatic rings. The molecule has 0 saturated heterocycles. The Bertz CT molecular complexity index is 823. The van der Waals surface area contributed by atoms with Crippen LogP contribution in [0, 0.1) is 0 Å². The van der Waals surface area contributed by atoms with Gasteiger partial charge in [0.25, 0.3) is 0 Å². The van der Waals surface area contributed by atoms with E-state index in [1.807, 2.05) is 48.5 Å². The number of unbranched alkanes of at least 4 members (excludes halogenated alkanes) is 10. The fourth-order valence-electron chi connectivity index (χ4n) is 3.95. The Hall–Kier alpha value is -2.14. The molecule has 0 aliphatic heterocycles. The molecule has 0 spiro atoms. The van der Waals surface area contributed by atoms with Gasteiger partial charge in [-0.05, 0) is 73.6 Å². The minimum absolute atomic E-state index is 0.0866. The van der Waals surface area contributed by atoms with Gasteiger partial charge in [-0.3, -0.25) is 0 Å². The molecular weight excluding hydrogens is 471 g/mol. The van der Waals surface area contributed by atoms with Gasteiger partial charge in [0.2, 0.25) is 0 Å². The summed E-state index contributed by atoms with van der Waals surface area (Å²) in [6, 6.07) is 14.8. The number of hydrogen-bond donors (Lipinski definition) is 0. The highest BCUT2D eigenvalue weighted by molar-refractivity contribution is 7.80. The second-order valence-electron chi connectivity index (χ2n) is 9.47. The van der Waals surface area contributed by atoms with Crippen LogP contribution < -0.4 is 14.2 Å². The number of thiocarbonyl (C=S) groups is 1. The first-order valence-electron chi connectivity index (χ1n) is 13.9. The van der Waals surface area contributed by atoms with E-state index in [0.29, 0.717) is 23.0 Å². The molecule has 5 heteroatoms. The summed E-state index contributed by atoms with van der Waals surface area (Å²) < 4.78 is 31.4. The predicted octanol–water partition coefficient (Wildman–Crippen LogP) is 9.65. The molecule has 2 rings (SSSR count). The number of hydrogen-bond acceptors (Lipinski definition) is 4. The zero-order valence-electron chi connectivity index (χ0n) is 22.3. The summed E-state index contributed by atoms with van der Waals surface area (Å²) in [5.41, 5.74) is 0.782. The minimum Gasteiger partial charge on any atom is -0.494 e. The van der Waals surface area contributed by atoms with Crippen LogP contribution in [-0.4, -0.2) is 24.4 Å². The molecule has 2 aromatic carbocycles. The predicted molar refractivity (Wildman–Crippen MR) is 152 cm³/mol. The monoisotopic (exact) mass is 516 g/mol. The van der Waals surface area contributed by atoms with Crippen LogP contribution in [0.1, 0.15) is 103 Å². The van der Waals surface area contributed by atoms with Crippen LogP contribution in [0.2, 0.25) is 0 Å². The van der Waals surface area contributed by atoms with Gasteiger partial charge in [-0.25, -0.2) is 4.39 Å². The summed E-state index contributed by atoms with van der Waals surface area (Å²) >= 11 is 5.44. The number of halogens is 1. The van der Waals surface area contributed by atoms with Gasteiger partial charge in [0.1, 0.15) is 30.0 Å². The second kappa shape index (κ2) is 19.0. The van der Waals surface area contributed by atoms with Crippen LogP contribution in [0.3, 0.4) is 0 Å². The molecule has 0 aliphatic carbocycles. The number of ether oxygens (including phenoxy) is 3. The van der Waals surface area contributed by atoms with Crippen LogP contribution >= 0.6 is 12.2 Å². The van der Waals surface area contributed by atoms with E-state index in [1.54, 1.807) is 0 Å². The van der Waals surface area contributed by atoms with E-state index in [4.69, 9.17) is 26.4 Å². The first-order valence-corrected chi connectivity index (χ1v) is 14.3. The van der Waals surface area contributed by atoms with Crippen LogP contribution in [0.4, 0.5) is 4.39 Å². The maximum Gasteiger partial charge on any atom is 0.198 e. The molecule has 2 aromatic rings. The van der Waals surface area contributed by atoms with E-state index in [-0.39, 0.29) is 6.61 Å². The van der Waals surface area contributed by atoms with Gasteiger partial charge in [0, 0.05) is 5.56 Å². The molecule has 0 N–H and O–H groups in total. The molecule has 0 aromatic heterocycles. The zero-order valence-corrected chi connectivity index (χ0v) is 23.1. The molecule has 200 valence electrons. The van der Waals surface area contributed by atoms with E-state index < -0.39 is 6.17 Å². The lowest BCUT2D eigenvalue weighted by atomic mass is 10.1. The lowest BCUT2D eigenvalue weighted by Crippen LogP contribution is -2.13. The molecule has 0 heterocycles. The van der Waals surface area contributed by atoms with Gasteiger partial charge < -0.3 is 14.2 Å². The van der Waals surface area contributed by atoms with E-state index in [2.05, 4.69) is 13.8 Å². The number of rotatable bonds is 20. The summed E-state index contributed by atoms with van der Waals surface area (Å²) in [5.74, 6) is 2.14. The van der Waals surface area contributed by atoms with E-state index in [1.165, 1.54) is 57.8 Å². The third kappa shape index (κ3) is 13.2. The third-order valence-corrected chi connectivity index (χ3v) is 6.51. The SMILES string of the molecule is CCCCCCCCCC(F)COc1ccc(C(=S)Oc2ccc(OCCCCCCC)cc2)cc1. The van der Waals surface area contributed by atoms with Gasteiger partial charge >= 0.3 is 0 Å². The molecule has 0 fully saturated rings. The summed E-state index contributed by atoms with van der Waals surface area (Å²) in [6.07, 6.45) is 14.1. The largest absolute Gasteiger partial charge is 0.494 e. The normalized spacial score (nSPS) is 11.8. The highest BCUT2D eigenvalue weighted by Crippen LogP contribution is 2.21. The molecule has 0 bridgehead atoms. The topological polar surface area (TPSA) is 27.7 Å². The molecule has 3 nitrogen and oxygen atoms in total. The van der Waals surface area contributed by atoms with E-state index in [0.717, 1.165) is 37.2 Å². The van der Waals surface area contributed by atoms with Crippen molar-refractivity contribution in [2.45, 2.75) is 103 Å². The van der Waals surface area contributed by atoms with Gasteiger partial charge in [-0.2, -0.15) is 0 Å². The Kier molecular flexibility index (Phi) is 15.9. The van der Waals surface area contributed by atoms with E-state index >= 15 is 0 Å². The van der Waals surface area contributed by atoms with E-state index in [9.17, 15) is 4.39 Å². The van der Waals surface area contributed by atoms with Gasteiger partial charge in [-0.1, -0.05) is 84.5 Å². The molecule has 0 saturated carbocycles. The summed E-state index contributed by atoms with van der Waals surface area (Å²) in [5, 5.41) is 0.383. The van der Waals surface area contributed by atoms with Gasteiger partial charge in [-0.15, -0.1) is 0 Å². The van der Waals surface area contributed by atoms with Crippen LogP contribution in [0.25, 0.3) is 0 Å². The average Bonchev–Trinajstić information content (AvgIpc) is 2.90. The van der Waals surface area contributed by atoms with Crippen molar-refractivity contribution in [3.63, 3.8) is 0 Å². The maximum absolute atomic E-state index is 14.2. The fourth-order valence-corrected chi connectivity index (χ4v) is 4.18. The zero-order chi connectivity index (χ0) is 25.8. The van der Waals surface area contributed by atoms with Crippen molar-refractivity contribution in [1.82, 2.24) is 0 Å². The lowest BCUT2D eigenvalue weighted by molar-refractivity contribution is 0.184. The molecule has 36 heavy (non-hydrogen) atoms. The molecule has 1 atom stereocenters. The van der Waals surface area contributed by atoms with Crippen LogP contribution in [-0.2, 0) is 0 Å². The maximum atomic E-state index is 14.2. The Labute approximate surface area is 223 Å². The summed E-state index contributed by atoms with van der Waals surface area (Å²) in [6.45, 7) is 5.26. The van der Waals surface area contributed by atoms with Crippen molar-refractivity contribution in [2.75, 3.05) is 13.2 Å². The lowest BCUT2D eigenvalue weighted by Gasteiger charge is -2.12. The number of benzene rings is 2. The van der Waals surface area contributed by atoms with Crippen molar-refractivity contribution in [3.05, 3.63) is 54.1 Å². The third-order valence-electron chi connectivity index (χ3n) is 6.19. The Morgan fingerprint density at radius 3 is 1.81 bits per heavy atom. The van der Waals surface area contributed by atoms with Gasteiger partial charge in [0.15, 0.2) is 5.05 Å². The smallest absolute Gasteiger partial charge is 0.198 e. The van der Waals surface area contributed by atoms with Crippen molar-refractivity contribution in [2.24, 2.45) is 0 Å². The second-order valence-corrected chi connectivity index (χ2v) is 9.84. The Morgan fingerprint density at radius 2 is 1.17 bits per heavy atom. The standard InChI is InChI=1S/C31H45FO3S/c1-3-5-7-9-10-11-13-15-27(32)25-34-29-18-16-26(17-19-29)31(36)35-30-22-20-28(21-23-30)33-24-14-12-8-6-4-2/h16-23,27H,3-15,24-25H2,1-2H3. The van der Waals surface area contributed by atoms with Crippen LogP contribution in [0.5, 0.6) is 17.2 Å². The van der Waals surface area contributed by atoms with Crippen molar-refractivity contribution >= 4 is 17.3 Å². The fraction of sp³-hybridized carbons (Fsp3) is 0.581. The van der Waals surface area contributed by atoms with Crippen molar-refractivity contribution < 1.29 is 18.6 Å². The van der Waals surface area contributed by atoms with Gasteiger partial charge in [0.05, 0.1) is 6.61 Å². The quantitative estimate of drug-likeness (QED) is 0.129. The van der Waals surface area contributed by atoms with Crippen molar-refractivity contribution in [1.29, 1.82) is 0 Å². The summed E-state index contributed by atoms with van der Waals surface area (Å²) in [4.78, 5) is 0. The average molecular weight is 517 g/mol. The minimum atomic E-state index is -0.933. The first kappa shape index (κ1) is 30.1. The molecule has 1 unspecified atom stereocenters. The van der Waals surface area contributed by atoms with Crippen LogP contribution in [0.15, 0.2) is 48.5 Å². The first-order chi connectivity index (χ1) is 17.6. The molecule has 0 amide bonds. The Balaban J connectivity index is 1.64. The molecular formula is C31H45FO3S. The summed E-state index contributed by atoms with van der Waals surface area (Å²) in [7, 11) is 0. The highest BCUT2D eigenvalue weighted by atomic mass is 32.1. The number of alkyl halides is 1. The Morgan fingerprint density at radius 1 is 0.667 bits per heavy atom.